The molecule has 6 heteroatoms. The summed E-state index contributed by atoms with van der Waals surface area (Å²) in [5, 5.41) is 0. The average Bonchev–Trinajstić information content (AvgIpc) is 2.55. The van der Waals surface area contributed by atoms with Crippen LogP contribution < -0.4 is 9.46 Å². The van der Waals surface area contributed by atoms with E-state index >= 15 is 0 Å². The predicted octanol–water partition coefficient (Wildman–Crippen LogP) is 3.68. The van der Waals surface area contributed by atoms with Gasteiger partial charge in [0.1, 0.15) is 12.4 Å². The number of hydrogen-bond donors (Lipinski definition) is 1. The van der Waals surface area contributed by atoms with Gasteiger partial charge in [-0.3, -0.25) is 0 Å². The Morgan fingerprint density at radius 2 is 1.96 bits per heavy atom. The van der Waals surface area contributed by atoms with E-state index in [-0.39, 0.29) is 6.04 Å². The van der Waals surface area contributed by atoms with Crippen LogP contribution >= 0.6 is 15.9 Å². The zero-order chi connectivity index (χ0) is 17.2. The van der Waals surface area contributed by atoms with Crippen LogP contribution in [0.1, 0.15) is 24.5 Å². The number of nitrogens with one attached hydrogen (secondary N) is 1. The molecular formula is C18H20BrNO3S. The van der Waals surface area contributed by atoms with Gasteiger partial charge in [-0.2, -0.15) is 0 Å². The van der Waals surface area contributed by atoms with Gasteiger partial charge in [0.15, 0.2) is 0 Å². The molecule has 4 nitrogen and oxygen atoms in total. The van der Waals surface area contributed by atoms with Crippen LogP contribution in [-0.2, 0) is 22.9 Å². The second-order valence-corrected chi connectivity index (χ2v) is 8.61. The van der Waals surface area contributed by atoms with Gasteiger partial charge in [0.05, 0.1) is 10.9 Å². The summed E-state index contributed by atoms with van der Waals surface area (Å²) in [6, 6.07) is 12.6. The van der Waals surface area contributed by atoms with E-state index in [0.29, 0.717) is 17.9 Å². The quantitative estimate of drug-likeness (QED) is 0.818. The SMILES string of the molecule is CCCc1ccc(S(=O)(=O)NC2COc3ccc(Br)cc3C2)cc1. The van der Waals surface area contributed by atoms with Crippen LogP contribution in [0.5, 0.6) is 5.75 Å². The minimum absolute atomic E-state index is 0.271. The number of halogens is 1. The van der Waals surface area contributed by atoms with E-state index in [0.717, 1.165) is 34.2 Å². The summed E-state index contributed by atoms with van der Waals surface area (Å²) in [6.45, 7) is 2.44. The van der Waals surface area contributed by atoms with Crippen LogP contribution in [0.3, 0.4) is 0 Å². The van der Waals surface area contributed by atoms with E-state index < -0.39 is 10.0 Å². The van der Waals surface area contributed by atoms with Crippen molar-refractivity contribution in [3.05, 3.63) is 58.1 Å². The van der Waals surface area contributed by atoms with Crippen molar-refractivity contribution in [3.63, 3.8) is 0 Å². The lowest BCUT2D eigenvalue weighted by atomic mass is 10.0. The van der Waals surface area contributed by atoms with E-state index in [1.165, 1.54) is 0 Å². The molecule has 1 N–H and O–H groups in total. The Morgan fingerprint density at radius 3 is 2.67 bits per heavy atom. The van der Waals surface area contributed by atoms with Crippen LogP contribution in [-0.4, -0.2) is 21.1 Å². The molecule has 1 aliphatic heterocycles. The third-order valence-corrected chi connectivity index (χ3v) is 6.05. The van der Waals surface area contributed by atoms with Crippen LogP contribution in [0, 0.1) is 0 Å². The third kappa shape index (κ3) is 3.99. The first-order valence-corrected chi connectivity index (χ1v) is 10.3. The normalized spacial score (nSPS) is 17.2. The number of aryl methyl sites for hydroxylation is 1. The number of hydrogen-bond acceptors (Lipinski definition) is 3. The van der Waals surface area contributed by atoms with Crippen molar-refractivity contribution in [1.29, 1.82) is 0 Å². The minimum atomic E-state index is -3.55. The predicted molar refractivity (Wildman–Crippen MR) is 97.9 cm³/mol. The third-order valence-electron chi connectivity index (χ3n) is 4.02. The first kappa shape index (κ1) is 17.5. The fourth-order valence-corrected chi connectivity index (χ4v) is 4.48. The van der Waals surface area contributed by atoms with Crippen LogP contribution in [0.2, 0.25) is 0 Å². The summed E-state index contributed by atoms with van der Waals surface area (Å²) >= 11 is 3.43. The molecule has 3 rings (SSSR count). The summed E-state index contributed by atoms with van der Waals surface area (Å²) in [7, 11) is -3.55. The molecule has 0 fully saturated rings. The Morgan fingerprint density at radius 1 is 1.21 bits per heavy atom. The number of rotatable bonds is 5. The van der Waals surface area contributed by atoms with Crippen LogP contribution in [0.25, 0.3) is 0 Å². The van der Waals surface area contributed by atoms with Crippen molar-refractivity contribution in [3.8, 4) is 5.75 Å². The van der Waals surface area contributed by atoms with Gasteiger partial charge in [0, 0.05) is 4.47 Å². The number of benzene rings is 2. The maximum atomic E-state index is 12.6. The summed E-state index contributed by atoms with van der Waals surface area (Å²) in [6.07, 6.45) is 2.61. The van der Waals surface area contributed by atoms with E-state index in [1.54, 1.807) is 12.1 Å². The molecule has 24 heavy (non-hydrogen) atoms. The topological polar surface area (TPSA) is 55.4 Å². The monoisotopic (exact) mass is 409 g/mol. The molecule has 0 aromatic heterocycles. The number of ether oxygens (including phenoxy) is 1. The summed E-state index contributed by atoms with van der Waals surface area (Å²) in [5.74, 6) is 0.817. The number of sulfonamides is 1. The highest BCUT2D eigenvalue weighted by molar-refractivity contribution is 9.10. The Hall–Kier alpha value is -1.37. The molecule has 0 aliphatic carbocycles. The Balaban J connectivity index is 1.73. The highest BCUT2D eigenvalue weighted by Crippen LogP contribution is 2.28. The highest BCUT2D eigenvalue weighted by atomic mass is 79.9. The smallest absolute Gasteiger partial charge is 0.240 e. The van der Waals surface area contributed by atoms with Crippen LogP contribution in [0.15, 0.2) is 51.8 Å². The Labute approximate surface area is 151 Å². The molecule has 0 saturated carbocycles. The van der Waals surface area contributed by atoms with E-state index in [4.69, 9.17) is 4.74 Å². The maximum absolute atomic E-state index is 12.6. The van der Waals surface area contributed by atoms with Gasteiger partial charge in [-0.25, -0.2) is 13.1 Å². The Kier molecular flexibility index (Phi) is 5.27. The van der Waals surface area contributed by atoms with Crippen LogP contribution in [0.4, 0.5) is 0 Å². The van der Waals surface area contributed by atoms with Gasteiger partial charge in [-0.1, -0.05) is 41.4 Å². The van der Waals surface area contributed by atoms with Gasteiger partial charge >= 0.3 is 0 Å². The van der Waals surface area contributed by atoms with Gasteiger partial charge in [0.2, 0.25) is 10.0 Å². The van der Waals surface area contributed by atoms with Gasteiger partial charge < -0.3 is 4.74 Å². The van der Waals surface area contributed by atoms with E-state index in [1.807, 2.05) is 30.3 Å². The van der Waals surface area contributed by atoms with Crippen molar-refractivity contribution in [1.82, 2.24) is 4.72 Å². The zero-order valence-electron chi connectivity index (χ0n) is 13.5. The number of fused-ring (bicyclic) bond motifs is 1. The lowest BCUT2D eigenvalue weighted by molar-refractivity contribution is 0.254. The van der Waals surface area contributed by atoms with Gasteiger partial charge in [-0.05, 0) is 54.3 Å². The minimum Gasteiger partial charge on any atom is -0.492 e. The Bertz CT molecular complexity index is 819. The maximum Gasteiger partial charge on any atom is 0.240 e. The first-order chi connectivity index (χ1) is 11.5. The molecule has 2 aromatic rings. The molecule has 0 amide bonds. The van der Waals surface area contributed by atoms with Crippen molar-refractivity contribution in [2.24, 2.45) is 0 Å². The van der Waals surface area contributed by atoms with E-state index in [9.17, 15) is 8.42 Å². The fourth-order valence-electron chi connectivity index (χ4n) is 2.85. The fraction of sp³-hybridized carbons (Fsp3) is 0.333. The largest absolute Gasteiger partial charge is 0.492 e. The lowest BCUT2D eigenvalue weighted by Gasteiger charge is -2.26. The molecule has 128 valence electrons. The molecule has 0 bridgehead atoms. The molecular weight excluding hydrogens is 390 g/mol. The van der Waals surface area contributed by atoms with Gasteiger partial charge in [0.25, 0.3) is 0 Å². The van der Waals surface area contributed by atoms with E-state index in [2.05, 4.69) is 27.6 Å². The summed E-state index contributed by atoms with van der Waals surface area (Å²) < 4.78 is 34.5. The standard InChI is InChI=1S/C18H20BrNO3S/c1-2-3-13-4-7-17(8-5-13)24(21,22)20-16-11-14-10-15(19)6-9-18(14)23-12-16/h4-10,16,20H,2-3,11-12H2,1H3. The molecule has 1 atom stereocenters. The van der Waals surface area contributed by atoms with Gasteiger partial charge in [-0.15, -0.1) is 0 Å². The summed E-state index contributed by atoms with van der Waals surface area (Å²) in [4.78, 5) is 0.294. The first-order valence-electron chi connectivity index (χ1n) is 8.00. The second-order valence-electron chi connectivity index (χ2n) is 5.98. The van der Waals surface area contributed by atoms with Crippen molar-refractivity contribution >= 4 is 26.0 Å². The van der Waals surface area contributed by atoms with Crippen molar-refractivity contribution in [2.45, 2.75) is 37.1 Å². The van der Waals surface area contributed by atoms with Crippen molar-refractivity contribution in [2.75, 3.05) is 6.61 Å². The second kappa shape index (κ2) is 7.25. The molecule has 0 radical (unpaired) electrons. The molecule has 1 unspecified atom stereocenters. The zero-order valence-corrected chi connectivity index (χ0v) is 15.9. The molecule has 0 saturated heterocycles. The molecule has 1 heterocycles. The highest BCUT2D eigenvalue weighted by Gasteiger charge is 2.25. The van der Waals surface area contributed by atoms with Crippen molar-refractivity contribution < 1.29 is 13.2 Å². The average molecular weight is 410 g/mol. The molecule has 2 aromatic carbocycles. The summed E-state index contributed by atoms with van der Waals surface area (Å²) in [5.41, 5.74) is 2.15. The lowest BCUT2D eigenvalue weighted by Crippen LogP contribution is -2.42. The molecule has 0 spiro atoms. The molecule has 1 aliphatic rings.